The first-order chi connectivity index (χ1) is 12.7. The Morgan fingerprint density at radius 1 is 1.15 bits per heavy atom. The van der Waals surface area contributed by atoms with Gasteiger partial charge in [-0.15, -0.1) is 0 Å². The van der Waals surface area contributed by atoms with Gasteiger partial charge in [0.2, 0.25) is 10.0 Å². The number of halogens is 3. The van der Waals surface area contributed by atoms with Gasteiger partial charge in [0.1, 0.15) is 4.90 Å². The zero-order valence-electron chi connectivity index (χ0n) is 14.5. The monoisotopic (exact) mass is 493 g/mol. The minimum Gasteiger partial charge on any atom is -0.478 e. The predicted molar refractivity (Wildman–Crippen MR) is 110 cm³/mol. The molecular formula is C18H18BrCl2NO4S. The lowest BCUT2D eigenvalue weighted by Crippen LogP contribution is -2.32. The zero-order valence-corrected chi connectivity index (χ0v) is 18.4. The molecule has 5 nitrogen and oxygen atoms in total. The number of sulfonamides is 1. The fraction of sp³-hybridized carbons (Fsp3) is 0.278. The van der Waals surface area contributed by atoms with Crippen molar-refractivity contribution in [3.05, 3.63) is 62.0 Å². The van der Waals surface area contributed by atoms with Gasteiger partial charge in [0.15, 0.2) is 0 Å². The number of unbranched alkanes of at least 4 members (excludes halogenated alkanes) is 1. The molecule has 0 amide bonds. The van der Waals surface area contributed by atoms with Crippen molar-refractivity contribution in [3.63, 3.8) is 0 Å². The molecule has 0 saturated heterocycles. The Kier molecular flexibility index (Phi) is 7.71. The van der Waals surface area contributed by atoms with Crippen LogP contribution in [0.4, 0.5) is 0 Å². The molecule has 146 valence electrons. The van der Waals surface area contributed by atoms with E-state index in [0.717, 1.165) is 16.5 Å². The number of hydrogen-bond acceptors (Lipinski definition) is 3. The summed E-state index contributed by atoms with van der Waals surface area (Å²) in [5.41, 5.74) is 0.389. The summed E-state index contributed by atoms with van der Waals surface area (Å²) < 4.78 is 28.6. The third kappa shape index (κ3) is 5.23. The van der Waals surface area contributed by atoms with Crippen LogP contribution in [0.2, 0.25) is 10.0 Å². The van der Waals surface area contributed by atoms with E-state index in [4.69, 9.17) is 23.2 Å². The highest BCUT2D eigenvalue weighted by atomic mass is 79.9. The molecule has 0 spiro atoms. The van der Waals surface area contributed by atoms with E-state index in [9.17, 15) is 18.3 Å². The van der Waals surface area contributed by atoms with Crippen LogP contribution in [0.5, 0.6) is 0 Å². The second-order valence-electron chi connectivity index (χ2n) is 5.86. The number of carbonyl (C=O) groups is 1. The van der Waals surface area contributed by atoms with Gasteiger partial charge in [-0.1, -0.05) is 64.6 Å². The summed E-state index contributed by atoms with van der Waals surface area (Å²) in [7, 11) is -4.02. The van der Waals surface area contributed by atoms with Gasteiger partial charge in [0.05, 0.1) is 15.6 Å². The van der Waals surface area contributed by atoms with Gasteiger partial charge in [-0.3, -0.25) is 0 Å². The average Bonchev–Trinajstić information content (AvgIpc) is 2.59. The molecule has 0 bridgehead atoms. The molecule has 2 rings (SSSR count). The molecule has 2 aromatic carbocycles. The standard InChI is InChI=1S/C18H18BrCl2NO4S/c1-2-3-10-22(11-12-4-6-13(19)7-5-12)27(25,26)15-9-8-14(20)16(17(15)21)18(23)24/h4-9H,2-3,10-11H2,1H3,(H,23,24). The van der Waals surface area contributed by atoms with E-state index in [1.807, 2.05) is 31.2 Å². The van der Waals surface area contributed by atoms with Gasteiger partial charge >= 0.3 is 5.97 Å². The summed E-state index contributed by atoms with van der Waals surface area (Å²) in [6.45, 7) is 2.40. The van der Waals surface area contributed by atoms with Crippen molar-refractivity contribution < 1.29 is 18.3 Å². The quantitative estimate of drug-likeness (QED) is 0.529. The number of hydrogen-bond donors (Lipinski definition) is 1. The maximum Gasteiger partial charge on any atom is 0.338 e. The smallest absolute Gasteiger partial charge is 0.338 e. The van der Waals surface area contributed by atoms with Gasteiger partial charge < -0.3 is 5.11 Å². The van der Waals surface area contributed by atoms with E-state index in [0.29, 0.717) is 6.42 Å². The van der Waals surface area contributed by atoms with E-state index < -0.39 is 21.6 Å². The predicted octanol–water partition coefficient (Wildman–Crippen LogP) is 5.45. The average molecular weight is 495 g/mol. The molecule has 0 aliphatic carbocycles. The third-order valence-electron chi connectivity index (χ3n) is 3.92. The van der Waals surface area contributed by atoms with E-state index in [-0.39, 0.29) is 28.0 Å². The Morgan fingerprint density at radius 2 is 1.78 bits per heavy atom. The number of rotatable bonds is 8. The fourth-order valence-electron chi connectivity index (χ4n) is 2.48. The molecule has 0 heterocycles. The Morgan fingerprint density at radius 3 is 2.33 bits per heavy atom. The first-order valence-electron chi connectivity index (χ1n) is 8.14. The van der Waals surface area contributed by atoms with Crippen LogP contribution in [-0.4, -0.2) is 30.3 Å². The van der Waals surface area contributed by atoms with Crippen molar-refractivity contribution in [1.82, 2.24) is 4.31 Å². The normalized spacial score (nSPS) is 11.7. The van der Waals surface area contributed by atoms with E-state index in [1.54, 1.807) is 0 Å². The molecule has 1 N–H and O–H groups in total. The van der Waals surface area contributed by atoms with Crippen molar-refractivity contribution in [3.8, 4) is 0 Å². The maximum absolute atomic E-state index is 13.2. The van der Waals surface area contributed by atoms with Crippen molar-refractivity contribution in [2.75, 3.05) is 6.54 Å². The molecule has 0 aromatic heterocycles. The molecule has 0 saturated carbocycles. The summed E-state index contributed by atoms with van der Waals surface area (Å²) in [5.74, 6) is -1.38. The van der Waals surface area contributed by atoms with Gasteiger partial charge in [0, 0.05) is 17.6 Å². The Bertz CT molecular complexity index is 933. The van der Waals surface area contributed by atoms with Crippen LogP contribution in [0.1, 0.15) is 35.7 Å². The zero-order chi connectivity index (χ0) is 20.2. The summed E-state index contributed by atoms with van der Waals surface area (Å²) in [5, 5.41) is 8.80. The van der Waals surface area contributed by atoms with Crippen molar-refractivity contribution in [2.45, 2.75) is 31.2 Å². The highest BCUT2D eigenvalue weighted by Gasteiger charge is 2.30. The van der Waals surface area contributed by atoms with Gasteiger partial charge in [-0.25, -0.2) is 13.2 Å². The maximum atomic E-state index is 13.2. The lowest BCUT2D eigenvalue weighted by Gasteiger charge is -2.23. The van der Waals surface area contributed by atoms with Crippen LogP contribution in [-0.2, 0) is 16.6 Å². The minimum atomic E-state index is -4.02. The molecule has 27 heavy (non-hydrogen) atoms. The largest absolute Gasteiger partial charge is 0.478 e. The molecule has 0 aliphatic heterocycles. The molecule has 0 aliphatic rings. The van der Waals surface area contributed by atoms with E-state index in [2.05, 4.69) is 15.9 Å². The Labute approximate surface area is 177 Å². The van der Waals surface area contributed by atoms with E-state index >= 15 is 0 Å². The molecule has 0 radical (unpaired) electrons. The molecular weight excluding hydrogens is 477 g/mol. The number of carboxylic acid groups (broad SMARTS) is 1. The molecule has 0 unspecified atom stereocenters. The third-order valence-corrected chi connectivity index (χ3v) is 7.16. The summed E-state index contributed by atoms with van der Waals surface area (Å²) in [6, 6.07) is 9.79. The van der Waals surface area contributed by atoms with Crippen molar-refractivity contribution in [1.29, 1.82) is 0 Å². The topological polar surface area (TPSA) is 74.7 Å². The Balaban J connectivity index is 2.49. The summed E-state index contributed by atoms with van der Waals surface area (Å²) in [4.78, 5) is 11.1. The number of aromatic carboxylic acids is 1. The number of nitrogens with zero attached hydrogens (tertiary/aromatic N) is 1. The summed E-state index contributed by atoms with van der Waals surface area (Å²) >= 11 is 15.3. The summed E-state index contributed by atoms with van der Waals surface area (Å²) in [6.07, 6.45) is 1.47. The first-order valence-corrected chi connectivity index (χ1v) is 11.1. The van der Waals surface area contributed by atoms with Gasteiger partial charge in [-0.2, -0.15) is 4.31 Å². The molecule has 0 atom stereocenters. The van der Waals surface area contributed by atoms with Gasteiger partial charge in [0.25, 0.3) is 0 Å². The van der Waals surface area contributed by atoms with Crippen LogP contribution in [0.15, 0.2) is 45.8 Å². The fourth-order valence-corrected chi connectivity index (χ4v) is 5.10. The Hall–Kier alpha value is -1.12. The van der Waals surface area contributed by atoms with Crippen LogP contribution >= 0.6 is 39.1 Å². The molecule has 2 aromatic rings. The second-order valence-corrected chi connectivity index (χ2v) is 9.47. The molecule has 9 heteroatoms. The SMILES string of the molecule is CCCCN(Cc1ccc(Br)cc1)S(=O)(=O)c1ccc(Cl)c(C(=O)O)c1Cl. The highest BCUT2D eigenvalue weighted by molar-refractivity contribution is 9.10. The minimum absolute atomic E-state index is 0.112. The van der Waals surface area contributed by atoms with Gasteiger partial charge in [-0.05, 0) is 36.2 Å². The van der Waals surface area contributed by atoms with Crippen molar-refractivity contribution in [2.24, 2.45) is 0 Å². The van der Waals surface area contributed by atoms with Crippen molar-refractivity contribution >= 4 is 55.1 Å². The van der Waals surface area contributed by atoms with E-state index in [1.165, 1.54) is 16.4 Å². The lowest BCUT2D eigenvalue weighted by molar-refractivity contribution is 0.0697. The van der Waals surface area contributed by atoms with Crippen LogP contribution in [0.3, 0.4) is 0 Å². The first kappa shape index (κ1) is 22.2. The van der Waals surface area contributed by atoms with Crippen LogP contribution in [0.25, 0.3) is 0 Å². The lowest BCUT2D eigenvalue weighted by atomic mass is 10.2. The second kappa shape index (κ2) is 9.39. The highest BCUT2D eigenvalue weighted by Crippen LogP contribution is 2.33. The number of carboxylic acids is 1. The van der Waals surface area contributed by atoms with Crippen LogP contribution < -0.4 is 0 Å². The molecule has 0 fully saturated rings. The number of benzene rings is 2. The van der Waals surface area contributed by atoms with Crippen LogP contribution in [0, 0.1) is 0 Å².